The number of rotatable bonds is 2. The minimum atomic E-state index is 0.209. The Bertz CT molecular complexity index is 256. The highest BCUT2D eigenvalue weighted by Crippen LogP contribution is 2.00. The molecule has 0 spiro atoms. The molecule has 56 valence electrons. The van der Waals surface area contributed by atoms with Crippen molar-refractivity contribution in [3.05, 3.63) is 35.9 Å². The quantitative estimate of drug-likeness (QED) is 0.492. The molecule has 0 saturated carbocycles. The zero-order valence-electron chi connectivity index (χ0n) is 5.69. The predicted molar refractivity (Wildman–Crippen MR) is 45.3 cm³/mol. The van der Waals surface area contributed by atoms with Crippen LogP contribution in [0.3, 0.4) is 0 Å². The third-order valence-corrected chi connectivity index (χ3v) is 1.50. The molecule has 0 bridgehead atoms. The van der Waals surface area contributed by atoms with Gasteiger partial charge in [-0.05, 0) is 12.2 Å². The van der Waals surface area contributed by atoms with E-state index >= 15 is 0 Å². The van der Waals surface area contributed by atoms with Crippen LogP contribution in [0, 0.1) is 0 Å². The van der Waals surface area contributed by atoms with Crippen LogP contribution >= 0.6 is 12.2 Å². The molecule has 1 aromatic carbocycles. The Morgan fingerprint density at radius 3 is 2.55 bits per heavy atom. The van der Waals surface area contributed by atoms with Gasteiger partial charge in [-0.1, -0.05) is 30.3 Å². The highest BCUT2D eigenvalue weighted by Gasteiger charge is 1.98. The fraction of sp³-hybridized carbons (Fsp3) is 0. The van der Waals surface area contributed by atoms with Crippen molar-refractivity contribution < 1.29 is 9.53 Å². The standard InChI is InChI=1S/C8H6O2S/c9-6-10-8(11)7-4-2-1-3-5-7/h1-6H. The number of thiocarbonyl (C=S) groups is 1. The van der Waals surface area contributed by atoms with E-state index in [2.05, 4.69) is 4.74 Å². The van der Waals surface area contributed by atoms with Gasteiger partial charge in [0.15, 0.2) is 0 Å². The summed E-state index contributed by atoms with van der Waals surface area (Å²) in [7, 11) is 0. The molecule has 0 fully saturated rings. The average molecular weight is 166 g/mol. The lowest BCUT2D eigenvalue weighted by molar-refractivity contribution is -0.121. The molecular formula is C8H6O2S. The van der Waals surface area contributed by atoms with Crippen molar-refractivity contribution in [2.24, 2.45) is 0 Å². The first-order valence-electron chi connectivity index (χ1n) is 3.04. The van der Waals surface area contributed by atoms with Crippen molar-refractivity contribution >= 4 is 23.7 Å². The van der Waals surface area contributed by atoms with Crippen LogP contribution in [0.25, 0.3) is 0 Å². The summed E-state index contributed by atoms with van der Waals surface area (Å²) in [5, 5.41) is 0.209. The third kappa shape index (κ3) is 2.13. The highest BCUT2D eigenvalue weighted by atomic mass is 32.1. The molecule has 11 heavy (non-hydrogen) atoms. The maximum Gasteiger partial charge on any atom is 0.299 e. The van der Waals surface area contributed by atoms with Crippen LogP contribution in [-0.4, -0.2) is 11.5 Å². The Labute approximate surface area is 69.8 Å². The van der Waals surface area contributed by atoms with Gasteiger partial charge >= 0.3 is 0 Å². The van der Waals surface area contributed by atoms with Crippen LogP contribution in [0.4, 0.5) is 0 Å². The second-order valence-corrected chi connectivity index (χ2v) is 2.24. The monoisotopic (exact) mass is 166 g/mol. The summed E-state index contributed by atoms with van der Waals surface area (Å²) in [5.41, 5.74) is 0.745. The van der Waals surface area contributed by atoms with Crippen molar-refractivity contribution in [3.63, 3.8) is 0 Å². The van der Waals surface area contributed by atoms with E-state index in [0.29, 0.717) is 6.47 Å². The minimum Gasteiger partial charge on any atom is -0.416 e. The van der Waals surface area contributed by atoms with Crippen LogP contribution in [-0.2, 0) is 9.53 Å². The first kappa shape index (κ1) is 7.88. The van der Waals surface area contributed by atoms with E-state index in [0.717, 1.165) is 5.56 Å². The van der Waals surface area contributed by atoms with E-state index in [9.17, 15) is 4.79 Å². The predicted octanol–water partition coefficient (Wildman–Crippen LogP) is 1.54. The average Bonchev–Trinajstić information content (AvgIpc) is 2.07. The number of ether oxygens (including phenoxy) is 1. The van der Waals surface area contributed by atoms with Crippen LogP contribution in [0.1, 0.15) is 5.56 Å². The molecular weight excluding hydrogens is 160 g/mol. The largest absolute Gasteiger partial charge is 0.416 e. The van der Waals surface area contributed by atoms with Gasteiger partial charge in [0.2, 0.25) is 5.05 Å². The van der Waals surface area contributed by atoms with Crippen LogP contribution in [0.15, 0.2) is 30.3 Å². The Hall–Kier alpha value is -1.22. The van der Waals surface area contributed by atoms with Gasteiger partial charge in [-0.25, -0.2) is 0 Å². The fourth-order valence-electron chi connectivity index (χ4n) is 0.686. The molecule has 0 saturated heterocycles. The van der Waals surface area contributed by atoms with E-state index in [1.165, 1.54) is 0 Å². The van der Waals surface area contributed by atoms with Crippen molar-refractivity contribution in [1.29, 1.82) is 0 Å². The Balaban J connectivity index is 2.77. The van der Waals surface area contributed by atoms with Gasteiger partial charge in [0, 0.05) is 5.56 Å². The van der Waals surface area contributed by atoms with Crippen LogP contribution in [0.5, 0.6) is 0 Å². The summed E-state index contributed by atoms with van der Waals surface area (Å²) in [4.78, 5) is 9.88. The Kier molecular flexibility index (Phi) is 2.74. The van der Waals surface area contributed by atoms with Gasteiger partial charge in [-0.3, -0.25) is 4.79 Å². The summed E-state index contributed by atoms with van der Waals surface area (Å²) in [6, 6.07) is 9.09. The zero-order valence-corrected chi connectivity index (χ0v) is 6.51. The minimum absolute atomic E-state index is 0.209. The number of hydrogen-bond acceptors (Lipinski definition) is 3. The molecule has 0 N–H and O–H groups in total. The first-order valence-corrected chi connectivity index (χ1v) is 3.45. The lowest BCUT2D eigenvalue weighted by Gasteiger charge is -1.97. The second kappa shape index (κ2) is 3.83. The molecule has 1 aromatic rings. The molecule has 0 aliphatic heterocycles. The van der Waals surface area contributed by atoms with Crippen molar-refractivity contribution in [1.82, 2.24) is 0 Å². The lowest BCUT2D eigenvalue weighted by atomic mass is 10.2. The zero-order chi connectivity index (χ0) is 8.10. The molecule has 0 aliphatic rings. The summed E-state index contributed by atoms with van der Waals surface area (Å²) in [6.45, 7) is 0.329. The SMILES string of the molecule is O=COC(=S)c1ccccc1. The highest BCUT2D eigenvalue weighted by molar-refractivity contribution is 7.80. The van der Waals surface area contributed by atoms with E-state index in [-0.39, 0.29) is 5.05 Å². The van der Waals surface area contributed by atoms with Gasteiger partial charge in [0.25, 0.3) is 6.47 Å². The van der Waals surface area contributed by atoms with Crippen molar-refractivity contribution in [2.75, 3.05) is 0 Å². The van der Waals surface area contributed by atoms with Crippen molar-refractivity contribution in [2.45, 2.75) is 0 Å². The maximum absolute atomic E-state index is 9.88. The Morgan fingerprint density at radius 1 is 1.36 bits per heavy atom. The van der Waals surface area contributed by atoms with Crippen LogP contribution in [0.2, 0.25) is 0 Å². The van der Waals surface area contributed by atoms with Gasteiger partial charge < -0.3 is 4.74 Å². The molecule has 0 radical (unpaired) electrons. The Morgan fingerprint density at radius 2 is 2.00 bits per heavy atom. The normalized spacial score (nSPS) is 8.73. The topological polar surface area (TPSA) is 26.3 Å². The lowest BCUT2D eigenvalue weighted by Crippen LogP contribution is -2.00. The summed E-state index contributed by atoms with van der Waals surface area (Å²) < 4.78 is 4.48. The molecule has 0 heterocycles. The number of benzene rings is 1. The van der Waals surface area contributed by atoms with Gasteiger partial charge in [-0.2, -0.15) is 0 Å². The molecule has 0 amide bonds. The number of hydrogen-bond donors (Lipinski definition) is 0. The first-order chi connectivity index (χ1) is 5.34. The van der Waals surface area contributed by atoms with E-state index in [1.807, 2.05) is 18.2 Å². The number of carbonyl (C=O) groups is 1. The maximum atomic E-state index is 9.88. The van der Waals surface area contributed by atoms with Crippen molar-refractivity contribution in [3.8, 4) is 0 Å². The van der Waals surface area contributed by atoms with E-state index in [4.69, 9.17) is 12.2 Å². The van der Waals surface area contributed by atoms with E-state index < -0.39 is 0 Å². The molecule has 3 heteroatoms. The van der Waals surface area contributed by atoms with Crippen LogP contribution < -0.4 is 0 Å². The molecule has 0 unspecified atom stereocenters. The summed E-state index contributed by atoms with van der Waals surface area (Å²) >= 11 is 4.77. The fourth-order valence-corrected chi connectivity index (χ4v) is 0.861. The second-order valence-electron chi connectivity index (χ2n) is 1.87. The van der Waals surface area contributed by atoms with E-state index in [1.54, 1.807) is 12.1 Å². The number of carbonyl (C=O) groups excluding carboxylic acids is 1. The van der Waals surface area contributed by atoms with Gasteiger partial charge in [0.05, 0.1) is 0 Å². The van der Waals surface area contributed by atoms with Gasteiger partial charge in [-0.15, -0.1) is 0 Å². The van der Waals surface area contributed by atoms with Gasteiger partial charge in [0.1, 0.15) is 0 Å². The molecule has 1 rings (SSSR count). The molecule has 2 nitrogen and oxygen atoms in total. The molecule has 0 aromatic heterocycles. The third-order valence-electron chi connectivity index (χ3n) is 1.16. The molecule has 0 aliphatic carbocycles. The summed E-state index contributed by atoms with van der Waals surface area (Å²) in [5.74, 6) is 0. The smallest absolute Gasteiger partial charge is 0.299 e. The summed E-state index contributed by atoms with van der Waals surface area (Å²) in [6.07, 6.45) is 0. The molecule has 0 atom stereocenters.